The van der Waals surface area contributed by atoms with Crippen molar-refractivity contribution in [3.05, 3.63) is 11.5 Å². The van der Waals surface area contributed by atoms with Gasteiger partial charge in [0, 0.05) is 11.8 Å². The minimum absolute atomic E-state index is 0.604. The fraction of sp³-hybridized carbons (Fsp3) is 0.812. The summed E-state index contributed by atoms with van der Waals surface area (Å²) >= 11 is 1.77. The van der Waals surface area contributed by atoms with Crippen molar-refractivity contribution in [3.8, 4) is 0 Å². The van der Waals surface area contributed by atoms with Gasteiger partial charge < -0.3 is 9.73 Å². The molecule has 1 fully saturated rings. The summed E-state index contributed by atoms with van der Waals surface area (Å²) in [7, 11) is 0. The fourth-order valence-electron chi connectivity index (χ4n) is 2.89. The third kappa shape index (κ3) is 4.52. The molecule has 1 N–H and O–H groups in total. The van der Waals surface area contributed by atoms with Crippen molar-refractivity contribution in [3.63, 3.8) is 0 Å². The first-order valence-electron chi connectivity index (χ1n) is 8.01. The number of aryl methyl sites for hydroxylation is 2. The summed E-state index contributed by atoms with van der Waals surface area (Å²) in [6.45, 7) is 7.35. The lowest BCUT2D eigenvalue weighted by Gasteiger charge is -2.30. The van der Waals surface area contributed by atoms with E-state index >= 15 is 0 Å². The van der Waals surface area contributed by atoms with E-state index in [4.69, 9.17) is 4.42 Å². The number of hydrogen-bond donors (Lipinski definition) is 1. The van der Waals surface area contributed by atoms with Crippen molar-refractivity contribution >= 4 is 11.8 Å². The van der Waals surface area contributed by atoms with E-state index in [1.54, 1.807) is 11.8 Å². The Hall–Kier alpha value is -0.480. The predicted octanol–water partition coefficient (Wildman–Crippen LogP) is 4.33. The van der Waals surface area contributed by atoms with Gasteiger partial charge in [-0.15, -0.1) is 0 Å². The number of oxazole rings is 1. The zero-order valence-corrected chi connectivity index (χ0v) is 13.9. The third-order valence-corrected chi connectivity index (χ3v) is 5.22. The zero-order chi connectivity index (χ0) is 14.4. The molecule has 3 nitrogen and oxygen atoms in total. The molecular formula is C16H28N2OS. The molecule has 20 heavy (non-hydrogen) atoms. The van der Waals surface area contributed by atoms with Crippen LogP contribution in [0, 0.1) is 19.8 Å². The summed E-state index contributed by atoms with van der Waals surface area (Å²) in [4.78, 5) is 4.48. The molecule has 0 bridgehead atoms. The van der Waals surface area contributed by atoms with Gasteiger partial charge in [-0.3, -0.25) is 0 Å². The predicted molar refractivity (Wildman–Crippen MR) is 85.4 cm³/mol. The normalized spacial score (nSPS) is 18.4. The summed E-state index contributed by atoms with van der Waals surface area (Å²) in [6, 6.07) is 0.604. The van der Waals surface area contributed by atoms with Gasteiger partial charge in [0.1, 0.15) is 5.76 Å². The molecule has 1 heterocycles. The van der Waals surface area contributed by atoms with Gasteiger partial charge in [0.25, 0.3) is 5.22 Å². The highest BCUT2D eigenvalue weighted by atomic mass is 32.2. The Morgan fingerprint density at radius 3 is 2.65 bits per heavy atom. The molecule has 1 aliphatic carbocycles. The maximum absolute atomic E-state index is 5.68. The van der Waals surface area contributed by atoms with Crippen molar-refractivity contribution < 1.29 is 4.42 Å². The minimum atomic E-state index is 0.604. The highest BCUT2D eigenvalue weighted by molar-refractivity contribution is 7.99. The molecule has 0 aliphatic heterocycles. The topological polar surface area (TPSA) is 38.1 Å². The summed E-state index contributed by atoms with van der Waals surface area (Å²) in [6.07, 6.45) is 8.18. The number of aromatic nitrogens is 1. The smallest absolute Gasteiger partial charge is 0.256 e. The van der Waals surface area contributed by atoms with Crippen LogP contribution in [0.5, 0.6) is 0 Å². The highest BCUT2D eigenvalue weighted by Crippen LogP contribution is 2.30. The lowest BCUT2D eigenvalue weighted by molar-refractivity contribution is 0.285. The molecule has 0 aromatic carbocycles. The summed E-state index contributed by atoms with van der Waals surface area (Å²) in [5.74, 6) is 2.85. The molecule has 0 spiro atoms. The lowest BCUT2D eigenvalue weighted by Crippen LogP contribution is -2.39. The van der Waals surface area contributed by atoms with E-state index in [1.165, 1.54) is 38.5 Å². The van der Waals surface area contributed by atoms with E-state index in [2.05, 4.69) is 17.2 Å². The van der Waals surface area contributed by atoms with Gasteiger partial charge in [-0.25, -0.2) is 4.98 Å². The molecule has 1 unspecified atom stereocenters. The van der Waals surface area contributed by atoms with E-state index in [-0.39, 0.29) is 0 Å². The van der Waals surface area contributed by atoms with Gasteiger partial charge in [-0.1, -0.05) is 37.9 Å². The van der Waals surface area contributed by atoms with E-state index < -0.39 is 0 Å². The van der Waals surface area contributed by atoms with Crippen molar-refractivity contribution in [1.82, 2.24) is 10.3 Å². The SMILES string of the molecule is CCCNC(CSc1nc(C)c(C)o1)C1CCCCC1. The average Bonchev–Trinajstić information content (AvgIpc) is 2.79. The molecule has 2 rings (SSSR count). The van der Waals surface area contributed by atoms with Crippen molar-refractivity contribution in [2.75, 3.05) is 12.3 Å². The molecule has 1 aromatic heterocycles. The molecule has 114 valence electrons. The second kappa shape index (κ2) is 8.08. The Balaban J connectivity index is 1.88. The van der Waals surface area contributed by atoms with Crippen LogP contribution in [0.3, 0.4) is 0 Å². The monoisotopic (exact) mass is 296 g/mol. The lowest BCUT2D eigenvalue weighted by atomic mass is 9.84. The summed E-state index contributed by atoms with van der Waals surface area (Å²) in [5, 5.41) is 4.57. The molecule has 1 aromatic rings. The van der Waals surface area contributed by atoms with E-state index in [9.17, 15) is 0 Å². The van der Waals surface area contributed by atoms with Crippen LogP contribution in [0.15, 0.2) is 9.64 Å². The Labute approximate surface area is 127 Å². The van der Waals surface area contributed by atoms with Crippen LogP contribution in [0.2, 0.25) is 0 Å². The Bertz CT molecular complexity index is 380. The Morgan fingerprint density at radius 2 is 2.05 bits per heavy atom. The highest BCUT2D eigenvalue weighted by Gasteiger charge is 2.23. The van der Waals surface area contributed by atoms with Gasteiger partial charge in [0.05, 0.1) is 5.69 Å². The largest absolute Gasteiger partial charge is 0.437 e. The summed E-state index contributed by atoms with van der Waals surface area (Å²) in [5.41, 5.74) is 1.02. The average molecular weight is 296 g/mol. The van der Waals surface area contributed by atoms with Crippen molar-refractivity contribution in [2.45, 2.75) is 70.6 Å². The van der Waals surface area contributed by atoms with E-state index in [0.717, 1.165) is 34.9 Å². The van der Waals surface area contributed by atoms with Gasteiger partial charge in [0.2, 0.25) is 0 Å². The number of thioether (sulfide) groups is 1. The number of rotatable bonds is 7. The van der Waals surface area contributed by atoms with Crippen LogP contribution in [-0.4, -0.2) is 23.3 Å². The van der Waals surface area contributed by atoms with E-state index in [0.29, 0.717) is 6.04 Å². The van der Waals surface area contributed by atoms with Crippen LogP contribution < -0.4 is 5.32 Å². The van der Waals surface area contributed by atoms with Gasteiger partial charge >= 0.3 is 0 Å². The van der Waals surface area contributed by atoms with Gasteiger partial charge in [-0.2, -0.15) is 0 Å². The maximum Gasteiger partial charge on any atom is 0.256 e. The number of nitrogens with zero attached hydrogens (tertiary/aromatic N) is 1. The second-order valence-corrected chi connectivity index (χ2v) is 6.86. The first-order valence-corrected chi connectivity index (χ1v) is 8.99. The molecule has 0 radical (unpaired) electrons. The standard InChI is InChI=1S/C16H28N2OS/c1-4-10-17-15(14-8-6-5-7-9-14)11-20-16-18-12(2)13(3)19-16/h14-15,17H,4-11H2,1-3H3. The van der Waals surface area contributed by atoms with Crippen molar-refractivity contribution in [2.24, 2.45) is 5.92 Å². The quantitative estimate of drug-likeness (QED) is 0.760. The molecule has 0 saturated heterocycles. The molecule has 1 saturated carbocycles. The van der Waals surface area contributed by atoms with Crippen LogP contribution in [0.4, 0.5) is 0 Å². The zero-order valence-electron chi connectivity index (χ0n) is 13.1. The molecule has 1 atom stereocenters. The van der Waals surface area contributed by atoms with Gasteiger partial charge in [0.15, 0.2) is 0 Å². The third-order valence-electron chi connectivity index (χ3n) is 4.27. The molecule has 4 heteroatoms. The first kappa shape index (κ1) is 15.9. The number of hydrogen-bond acceptors (Lipinski definition) is 4. The Kier molecular flexibility index (Phi) is 6.43. The maximum atomic E-state index is 5.68. The summed E-state index contributed by atoms with van der Waals surface area (Å²) < 4.78 is 5.68. The molecule has 1 aliphatic rings. The van der Waals surface area contributed by atoms with E-state index in [1.807, 2.05) is 13.8 Å². The fourth-order valence-corrected chi connectivity index (χ4v) is 3.99. The van der Waals surface area contributed by atoms with Gasteiger partial charge in [-0.05, 0) is 45.6 Å². The van der Waals surface area contributed by atoms with Crippen LogP contribution in [0.1, 0.15) is 56.9 Å². The minimum Gasteiger partial charge on any atom is -0.437 e. The second-order valence-electron chi connectivity index (χ2n) is 5.89. The van der Waals surface area contributed by atoms with Crippen molar-refractivity contribution in [1.29, 1.82) is 0 Å². The molecule has 0 amide bonds. The Morgan fingerprint density at radius 1 is 1.30 bits per heavy atom. The van der Waals surface area contributed by atoms with Crippen LogP contribution in [-0.2, 0) is 0 Å². The molecular weight excluding hydrogens is 268 g/mol. The number of nitrogens with one attached hydrogen (secondary N) is 1. The van der Waals surface area contributed by atoms with Crippen LogP contribution >= 0.6 is 11.8 Å². The van der Waals surface area contributed by atoms with Crippen LogP contribution in [0.25, 0.3) is 0 Å². The first-order chi connectivity index (χ1) is 9.70.